The van der Waals surface area contributed by atoms with Crippen LogP contribution in [0.1, 0.15) is 0 Å². The van der Waals surface area contributed by atoms with Crippen LogP contribution in [0.25, 0.3) is 0 Å². The molecule has 1 aliphatic rings. The number of hydrogen-bond acceptors (Lipinski definition) is 4. The summed E-state index contributed by atoms with van der Waals surface area (Å²) in [6.45, 7) is 0.345. The number of hydrogen-bond donors (Lipinski definition) is 3. The average Bonchev–Trinajstić information content (AvgIpc) is 2.87. The lowest BCUT2D eigenvalue weighted by atomic mass is 10.0. The summed E-state index contributed by atoms with van der Waals surface area (Å²) in [7, 11) is 0. The fraction of sp³-hybridized carbons (Fsp3) is 0.385. The second-order valence-corrected chi connectivity index (χ2v) is 5.30. The molecule has 2 amide bonds. The first-order valence-corrected chi connectivity index (χ1v) is 7.34. The number of thioether (sulfide) groups is 1. The van der Waals surface area contributed by atoms with Gasteiger partial charge in [-0.15, -0.1) is 11.8 Å². The highest BCUT2D eigenvalue weighted by atomic mass is 32.2. The monoisotopic (exact) mass is 296 g/mol. The van der Waals surface area contributed by atoms with Gasteiger partial charge in [0, 0.05) is 10.6 Å². The summed E-state index contributed by atoms with van der Waals surface area (Å²) in [5.41, 5.74) is 0.667. The number of urea groups is 1. The number of rotatable bonds is 4. The number of aliphatic carboxylic acids is 1. The molecule has 0 bridgehead atoms. The summed E-state index contributed by atoms with van der Waals surface area (Å²) in [5.74, 6) is -1.66. The molecule has 1 aromatic rings. The maximum Gasteiger partial charge on any atom is 0.319 e. The van der Waals surface area contributed by atoms with E-state index >= 15 is 0 Å². The van der Waals surface area contributed by atoms with Crippen molar-refractivity contribution in [2.24, 2.45) is 5.92 Å². The van der Waals surface area contributed by atoms with E-state index in [9.17, 15) is 9.59 Å². The highest BCUT2D eigenvalue weighted by Gasteiger charge is 2.35. The summed E-state index contributed by atoms with van der Waals surface area (Å²) < 4.78 is 5.09. The molecule has 1 fully saturated rings. The number of carbonyl (C=O) groups is 2. The van der Waals surface area contributed by atoms with Crippen molar-refractivity contribution in [2.45, 2.75) is 10.9 Å². The number of carboxylic acids is 1. The van der Waals surface area contributed by atoms with Crippen LogP contribution < -0.4 is 10.6 Å². The van der Waals surface area contributed by atoms with Gasteiger partial charge in [-0.1, -0.05) is 6.07 Å². The number of carboxylic acid groups (broad SMARTS) is 1. The standard InChI is InChI=1S/C13H16N2O4S/c1-20-9-4-2-3-8(5-9)14-13(18)15-11-7-19-6-10(11)12(16)17/h2-5,10-11H,6-7H2,1H3,(H,16,17)(H2,14,15,18). The number of anilines is 1. The molecule has 6 nitrogen and oxygen atoms in total. The molecule has 2 atom stereocenters. The quantitative estimate of drug-likeness (QED) is 0.735. The molecule has 1 aromatic carbocycles. The number of ether oxygens (including phenoxy) is 1. The van der Waals surface area contributed by atoms with Gasteiger partial charge in [0.25, 0.3) is 0 Å². The van der Waals surface area contributed by atoms with Gasteiger partial charge in [0.1, 0.15) is 5.92 Å². The molecule has 1 saturated heterocycles. The third kappa shape index (κ3) is 3.64. The molecule has 20 heavy (non-hydrogen) atoms. The normalized spacial score (nSPS) is 21.4. The van der Waals surface area contributed by atoms with Gasteiger partial charge >= 0.3 is 12.0 Å². The molecule has 0 spiro atoms. The van der Waals surface area contributed by atoms with Gasteiger partial charge in [0.2, 0.25) is 0 Å². The summed E-state index contributed by atoms with van der Waals surface area (Å²) in [4.78, 5) is 23.9. The summed E-state index contributed by atoms with van der Waals surface area (Å²) in [5, 5.41) is 14.3. The molecule has 3 N–H and O–H groups in total. The van der Waals surface area contributed by atoms with E-state index in [-0.39, 0.29) is 13.2 Å². The minimum atomic E-state index is -0.961. The van der Waals surface area contributed by atoms with Crippen LogP contribution in [-0.2, 0) is 9.53 Å². The Morgan fingerprint density at radius 1 is 1.40 bits per heavy atom. The minimum Gasteiger partial charge on any atom is -0.481 e. The second-order valence-electron chi connectivity index (χ2n) is 4.42. The highest BCUT2D eigenvalue weighted by molar-refractivity contribution is 7.98. The van der Waals surface area contributed by atoms with Crippen molar-refractivity contribution in [1.29, 1.82) is 0 Å². The predicted octanol–water partition coefficient (Wildman–Crippen LogP) is 1.63. The first-order chi connectivity index (χ1) is 9.60. The van der Waals surface area contributed by atoms with Gasteiger partial charge in [0.15, 0.2) is 0 Å². The lowest BCUT2D eigenvalue weighted by Crippen LogP contribution is -2.44. The number of nitrogens with one attached hydrogen (secondary N) is 2. The van der Waals surface area contributed by atoms with E-state index in [1.807, 2.05) is 24.5 Å². The first kappa shape index (κ1) is 14.7. The van der Waals surface area contributed by atoms with Crippen LogP contribution in [0.2, 0.25) is 0 Å². The zero-order chi connectivity index (χ0) is 14.5. The molecule has 1 aliphatic heterocycles. The summed E-state index contributed by atoms with van der Waals surface area (Å²) >= 11 is 1.58. The third-order valence-electron chi connectivity index (χ3n) is 3.04. The van der Waals surface area contributed by atoms with Crippen LogP contribution in [0.15, 0.2) is 29.2 Å². The molecule has 2 unspecified atom stereocenters. The molecule has 7 heteroatoms. The maximum atomic E-state index is 11.9. The van der Waals surface area contributed by atoms with Gasteiger partial charge < -0.3 is 20.5 Å². The zero-order valence-corrected chi connectivity index (χ0v) is 11.8. The fourth-order valence-corrected chi connectivity index (χ4v) is 2.44. The maximum absolute atomic E-state index is 11.9. The Hall–Kier alpha value is -1.73. The molecule has 2 rings (SSSR count). The molecular formula is C13H16N2O4S. The van der Waals surface area contributed by atoms with Crippen LogP contribution >= 0.6 is 11.8 Å². The van der Waals surface area contributed by atoms with Crippen molar-refractivity contribution < 1.29 is 19.4 Å². The Morgan fingerprint density at radius 2 is 2.20 bits per heavy atom. The van der Waals surface area contributed by atoms with E-state index in [0.29, 0.717) is 5.69 Å². The largest absolute Gasteiger partial charge is 0.481 e. The van der Waals surface area contributed by atoms with Gasteiger partial charge in [-0.25, -0.2) is 4.79 Å². The van der Waals surface area contributed by atoms with E-state index in [1.165, 1.54) is 0 Å². The van der Waals surface area contributed by atoms with Crippen LogP contribution in [-0.4, -0.2) is 42.6 Å². The Morgan fingerprint density at radius 3 is 2.90 bits per heavy atom. The van der Waals surface area contributed by atoms with Crippen molar-refractivity contribution in [3.63, 3.8) is 0 Å². The molecule has 108 valence electrons. The van der Waals surface area contributed by atoms with Crippen LogP contribution in [0.5, 0.6) is 0 Å². The number of carbonyl (C=O) groups excluding carboxylic acids is 1. The zero-order valence-electron chi connectivity index (χ0n) is 11.0. The Balaban J connectivity index is 1.93. The lowest BCUT2D eigenvalue weighted by Gasteiger charge is -2.16. The molecule has 0 aliphatic carbocycles. The minimum absolute atomic E-state index is 0.127. The summed E-state index contributed by atoms with van der Waals surface area (Å²) in [6, 6.07) is 6.49. The van der Waals surface area contributed by atoms with E-state index in [4.69, 9.17) is 9.84 Å². The number of benzene rings is 1. The predicted molar refractivity (Wildman–Crippen MR) is 76.1 cm³/mol. The molecule has 0 radical (unpaired) electrons. The third-order valence-corrected chi connectivity index (χ3v) is 3.77. The van der Waals surface area contributed by atoms with Crippen LogP contribution in [0, 0.1) is 5.92 Å². The Labute approximate surface area is 120 Å². The van der Waals surface area contributed by atoms with Crippen LogP contribution in [0.3, 0.4) is 0 Å². The van der Waals surface area contributed by atoms with E-state index < -0.39 is 24.0 Å². The van der Waals surface area contributed by atoms with Crippen molar-refractivity contribution in [1.82, 2.24) is 5.32 Å². The van der Waals surface area contributed by atoms with Gasteiger partial charge in [-0.3, -0.25) is 4.79 Å². The SMILES string of the molecule is CSc1cccc(NC(=O)NC2COCC2C(=O)O)c1. The first-order valence-electron chi connectivity index (χ1n) is 6.12. The van der Waals surface area contributed by atoms with Crippen molar-refractivity contribution in [3.8, 4) is 0 Å². The number of amides is 2. The van der Waals surface area contributed by atoms with Crippen molar-refractivity contribution >= 4 is 29.4 Å². The average molecular weight is 296 g/mol. The summed E-state index contributed by atoms with van der Waals surface area (Å²) in [6.07, 6.45) is 1.95. The molecule has 1 heterocycles. The van der Waals surface area contributed by atoms with E-state index in [2.05, 4.69) is 10.6 Å². The highest BCUT2D eigenvalue weighted by Crippen LogP contribution is 2.19. The van der Waals surface area contributed by atoms with Crippen molar-refractivity contribution in [3.05, 3.63) is 24.3 Å². The smallest absolute Gasteiger partial charge is 0.319 e. The van der Waals surface area contributed by atoms with Crippen molar-refractivity contribution in [2.75, 3.05) is 24.8 Å². The lowest BCUT2D eigenvalue weighted by molar-refractivity contribution is -0.142. The Kier molecular flexibility index (Phi) is 4.86. The molecule has 0 aromatic heterocycles. The Bertz CT molecular complexity index is 509. The van der Waals surface area contributed by atoms with E-state index in [1.54, 1.807) is 17.8 Å². The second kappa shape index (κ2) is 6.62. The molecular weight excluding hydrogens is 280 g/mol. The van der Waals surface area contributed by atoms with Crippen LogP contribution in [0.4, 0.5) is 10.5 Å². The van der Waals surface area contributed by atoms with E-state index in [0.717, 1.165) is 4.90 Å². The van der Waals surface area contributed by atoms with Gasteiger partial charge in [-0.2, -0.15) is 0 Å². The van der Waals surface area contributed by atoms with Gasteiger partial charge in [-0.05, 0) is 24.5 Å². The molecule has 0 saturated carbocycles. The topological polar surface area (TPSA) is 87.7 Å². The van der Waals surface area contributed by atoms with Gasteiger partial charge in [0.05, 0.1) is 19.3 Å². The fourth-order valence-electron chi connectivity index (χ4n) is 1.98.